The Morgan fingerprint density at radius 2 is 2.22 bits per heavy atom. The van der Waals surface area contributed by atoms with Gasteiger partial charge < -0.3 is 9.84 Å². The monoisotopic (exact) mass is 130 g/mol. The third kappa shape index (κ3) is 11.0. The maximum Gasteiger partial charge on any atom is 0.327 e. The van der Waals surface area contributed by atoms with Crippen LogP contribution in [0, 0.1) is 0 Å². The second kappa shape index (κ2) is 4.09. The number of aliphatic carboxylic acids is 1. The fraction of sp³-hybridized carbons (Fsp3) is 0.500. The van der Waals surface area contributed by atoms with Gasteiger partial charge in [0.15, 0.2) is 0 Å². The summed E-state index contributed by atoms with van der Waals surface area (Å²) in [5.41, 5.74) is 0. The van der Waals surface area contributed by atoms with Crippen LogP contribution in [0.25, 0.3) is 0 Å². The van der Waals surface area contributed by atoms with E-state index in [1.807, 2.05) is 0 Å². The predicted molar refractivity (Wildman–Crippen MR) is 33.2 cm³/mol. The molecular formula is C6H10O3. The molecule has 1 unspecified atom stereocenters. The van der Waals surface area contributed by atoms with Crippen molar-refractivity contribution in [1.82, 2.24) is 0 Å². The molecule has 3 nitrogen and oxygen atoms in total. The van der Waals surface area contributed by atoms with E-state index in [2.05, 4.69) is 13.5 Å². The number of rotatable bonds is 1. The van der Waals surface area contributed by atoms with Gasteiger partial charge in [-0.1, -0.05) is 6.58 Å². The molecule has 1 aliphatic heterocycles. The summed E-state index contributed by atoms with van der Waals surface area (Å²) in [6, 6.07) is 0. The van der Waals surface area contributed by atoms with Crippen molar-refractivity contribution < 1.29 is 14.6 Å². The molecule has 0 bridgehead atoms. The van der Waals surface area contributed by atoms with Gasteiger partial charge in [-0.25, -0.2) is 4.79 Å². The number of hydrogen-bond donors (Lipinski definition) is 1. The van der Waals surface area contributed by atoms with Gasteiger partial charge in [0.25, 0.3) is 0 Å². The molecule has 9 heavy (non-hydrogen) atoms. The van der Waals surface area contributed by atoms with E-state index in [-0.39, 0.29) is 0 Å². The van der Waals surface area contributed by atoms with Gasteiger partial charge in [-0.2, -0.15) is 0 Å². The molecule has 0 aromatic rings. The number of ether oxygens (including phenoxy) is 1. The summed E-state index contributed by atoms with van der Waals surface area (Å²) in [7, 11) is 0. The Morgan fingerprint density at radius 1 is 2.00 bits per heavy atom. The number of carbonyl (C=O) groups is 1. The lowest BCUT2D eigenvalue weighted by Crippen LogP contribution is -1.82. The minimum absolute atomic E-state index is 0.583. The van der Waals surface area contributed by atoms with Gasteiger partial charge in [0.2, 0.25) is 0 Å². The molecule has 0 amide bonds. The highest BCUT2D eigenvalue weighted by Crippen LogP contribution is 2.04. The summed E-state index contributed by atoms with van der Waals surface area (Å²) >= 11 is 0. The molecule has 1 saturated heterocycles. The van der Waals surface area contributed by atoms with Crippen molar-refractivity contribution in [3.63, 3.8) is 0 Å². The van der Waals surface area contributed by atoms with Crippen molar-refractivity contribution in [2.45, 2.75) is 13.0 Å². The van der Waals surface area contributed by atoms with Crippen LogP contribution < -0.4 is 0 Å². The quantitative estimate of drug-likeness (QED) is 0.419. The molecular weight excluding hydrogens is 120 g/mol. The Bertz CT molecular complexity index is 105. The van der Waals surface area contributed by atoms with Gasteiger partial charge >= 0.3 is 5.97 Å². The molecule has 0 radical (unpaired) electrons. The average Bonchev–Trinajstić information content (AvgIpc) is 2.53. The van der Waals surface area contributed by atoms with Crippen molar-refractivity contribution in [2.24, 2.45) is 0 Å². The molecule has 52 valence electrons. The molecule has 1 aliphatic rings. The second-order valence-corrected chi connectivity index (χ2v) is 1.69. The van der Waals surface area contributed by atoms with Crippen LogP contribution in [0.3, 0.4) is 0 Å². The van der Waals surface area contributed by atoms with Crippen LogP contribution in [0.15, 0.2) is 12.7 Å². The Morgan fingerprint density at radius 3 is 2.22 bits per heavy atom. The summed E-state index contributed by atoms with van der Waals surface area (Å²) in [5.74, 6) is -0.981. The van der Waals surface area contributed by atoms with Crippen LogP contribution >= 0.6 is 0 Å². The molecule has 1 rings (SSSR count). The smallest absolute Gasteiger partial charge is 0.327 e. The topological polar surface area (TPSA) is 49.8 Å². The summed E-state index contributed by atoms with van der Waals surface area (Å²) in [6.45, 7) is 6.00. The number of carboxylic acids is 1. The zero-order valence-electron chi connectivity index (χ0n) is 5.33. The van der Waals surface area contributed by atoms with E-state index >= 15 is 0 Å². The van der Waals surface area contributed by atoms with Gasteiger partial charge in [0.05, 0.1) is 12.7 Å². The normalized spacial score (nSPS) is 21.2. The molecule has 0 aromatic carbocycles. The SMILES string of the molecule is C=CC(=O)O.CC1CO1. The minimum atomic E-state index is -0.981. The molecule has 3 heteroatoms. The molecule has 0 spiro atoms. The summed E-state index contributed by atoms with van der Waals surface area (Å²) < 4.78 is 4.71. The van der Waals surface area contributed by atoms with E-state index < -0.39 is 5.97 Å². The first-order valence-corrected chi connectivity index (χ1v) is 2.63. The first kappa shape index (κ1) is 8.17. The molecule has 0 saturated carbocycles. The highest BCUT2D eigenvalue weighted by Gasteiger charge is 2.13. The molecule has 0 aromatic heterocycles. The van der Waals surface area contributed by atoms with Crippen molar-refractivity contribution in [3.8, 4) is 0 Å². The molecule has 1 atom stereocenters. The van der Waals surface area contributed by atoms with Gasteiger partial charge in [-0.05, 0) is 6.92 Å². The summed E-state index contributed by atoms with van der Waals surface area (Å²) in [6.07, 6.45) is 1.42. The van der Waals surface area contributed by atoms with Gasteiger partial charge in [-0.3, -0.25) is 0 Å². The standard InChI is InChI=1S/C3H4O2.C3H6O/c1-2-3(4)5;1-3-2-4-3/h2H,1H2,(H,4,5);3H,2H2,1H3. The number of hydrogen-bond acceptors (Lipinski definition) is 2. The van der Waals surface area contributed by atoms with Crippen molar-refractivity contribution in [1.29, 1.82) is 0 Å². The fourth-order valence-corrected chi connectivity index (χ4v) is 0.0962. The number of carboxylic acid groups (broad SMARTS) is 1. The van der Waals surface area contributed by atoms with E-state index in [1.54, 1.807) is 0 Å². The van der Waals surface area contributed by atoms with E-state index in [4.69, 9.17) is 9.84 Å². The molecule has 1 N–H and O–H groups in total. The number of epoxide rings is 1. The van der Waals surface area contributed by atoms with E-state index in [1.165, 1.54) is 0 Å². The van der Waals surface area contributed by atoms with Crippen LogP contribution in [0.2, 0.25) is 0 Å². The Labute approximate surface area is 53.9 Å². The maximum absolute atomic E-state index is 9.25. The van der Waals surface area contributed by atoms with E-state index in [0.29, 0.717) is 6.10 Å². The maximum atomic E-state index is 9.25. The van der Waals surface area contributed by atoms with Gasteiger partial charge in [0, 0.05) is 6.08 Å². The summed E-state index contributed by atoms with van der Waals surface area (Å²) in [4.78, 5) is 9.25. The minimum Gasteiger partial charge on any atom is -0.478 e. The highest BCUT2D eigenvalue weighted by molar-refractivity contribution is 5.78. The van der Waals surface area contributed by atoms with Crippen LogP contribution in [-0.4, -0.2) is 23.8 Å². The molecule has 1 fully saturated rings. The van der Waals surface area contributed by atoms with E-state index in [0.717, 1.165) is 12.7 Å². The second-order valence-electron chi connectivity index (χ2n) is 1.69. The summed E-state index contributed by atoms with van der Waals surface area (Å²) in [5, 5.41) is 7.60. The van der Waals surface area contributed by atoms with Crippen LogP contribution in [0.1, 0.15) is 6.92 Å². The zero-order valence-corrected chi connectivity index (χ0v) is 5.33. The fourth-order valence-electron chi connectivity index (χ4n) is 0.0962. The van der Waals surface area contributed by atoms with Crippen LogP contribution in [0.4, 0.5) is 0 Å². The Balaban J connectivity index is 0.000000144. The van der Waals surface area contributed by atoms with Gasteiger partial charge in [0.1, 0.15) is 0 Å². The first-order chi connectivity index (χ1) is 4.16. The third-order valence-corrected chi connectivity index (χ3v) is 0.675. The molecule has 0 aliphatic carbocycles. The average molecular weight is 130 g/mol. The van der Waals surface area contributed by atoms with Crippen molar-refractivity contribution in [2.75, 3.05) is 6.61 Å². The predicted octanol–water partition coefficient (Wildman–Crippen LogP) is 0.662. The molecule has 1 heterocycles. The lowest BCUT2D eigenvalue weighted by molar-refractivity contribution is -0.131. The lowest BCUT2D eigenvalue weighted by Gasteiger charge is -1.64. The van der Waals surface area contributed by atoms with Gasteiger partial charge in [-0.15, -0.1) is 0 Å². The first-order valence-electron chi connectivity index (χ1n) is 2.63. The van der Waals surface area contributed by atoms with E-state index in [9.17, 15) is 4.79 Å². The largest absolute Gasteiger partial charge is 0.478 e. The van der Waals surface area contributed by atoms with Crippen molar-refractivity contribution in [3.05, 3.63) is 12.7 Å². The van der Waals surface area contributed by atoms with Crippen molar-refractivity contribution >= 4 is 5.97 Å². The Hall–Kier alpha value is -0.830. The van der Waals surface area contributed by atoms with Crippen LogP contribution in [-0.2, 0) is 9.53 Å². The Kier molecular flexibility index (Phi) is 3.71. The lowest BCUT2D eigenvalue weighted by atomic mass is 10.6. The zero-order chi connectivity index (χ0) is 7.28. The third-order valence-electron chi connectivity index (χ3n) is 0.675. The van der Waals surface area contributed by atoms with Crippen LogP contribution in [0.5, 0.6) is 0 Å². The highest BCUT2D eigenvalue weighted by atomic mass is 16.6.